The van der Waals surface area contributed by atoms with E-state index in [4.69, 9.17) is 9.72 Å². The molecule has 146 valence electrons. The smallest absolute Gasteiger partial charge is 0.458 e. The first-order valence-electron chi connectivity index (χ1n) is 9.32. The standard InChI is InChI=1S/C21H17N2O5S/c1-2-21(26)15-7-17-18-12(8-23(17)19(24)13(15)9-28-20(21)25)14(10-29-27)11-5-3-4-6-16(11)22-18/h3-7,26H,2,8-10H2,1H3/q+1. The summed E-state index contributed by atoms with van der Waals surface area (Å²) in [5.41, 5.74) is 2.01. The fourth-order valence-electron chi connectivity index (χ4n) is 4.34. The lowest BCUT2D eigenvalue weighted by Crippen LogP contribution is -2.44. The Morgan fingerprint density at radius 3 is 2.83 bits per heavy atom. The van der Waals surface area contributed by atoms with Crippen LogP contribution < -0.4 is 5.56 Å². The lowest BCUT2D eigenvalue weighted by molar-refractivity contribution is -0.172. The number of ether oxygens (including phenoxy) is 1. The zero-order valence-corrected chi connectivity index (χ0v) is 16.4. The van der Waals surface area contributed by atoms with Crippen molar-refractivity contribution in [3.05, 3.63) is 62.9 Å². The molecular weight excluding hydrogens is 392 g/mol. The van der Waals surface area contributed by atoms with Crippen LogP contribution in [-0.4, -0.2) is 20.6 Å². The molecule has 0 radical (unpaired) electrons. The van der Waals surface area contributed by atoms with Gasteiger partial charge in [0.2, 0.25) is 0 Å². The number of rotatable bonds is 3. The van der Waals surface area contributed by atoms with Crippen LogP contribution in [0.5, 0.6) is 0 Å². The molecular formula is C21H17N2O5S+. The van der Waals surface area contributed by atoms with Gasteiger partial charge in [-0.05, 0) is 18.6 Å². The predicted octanol–water partition coefficient (Wildman–Crippen LogP) is 2.01. The summed E-state index contributed by atoms with van der Waals surface area (Å²) in [5, 5.41) is 11.8. The van der Waals surface area contributed by atoms with E-state index in [2.05, 4.69) is 0 Å². The van der Waals surface area contributed by atoms with Crippen molar-refractivity contribution in [2.24, 2.45) is 0 Å². The average molecular weight is 409 g/mol. The van der Waals surface area contributed by atoms with Gasteiger partial charge in [-0.1, -0.05) is 25.1 Å². The molecule has 1 atom stereocenters. The van der Waals surface area contributed by atoms with Crippen LogP contribution >= 0.6 is 0 Å². The zero-order chi connectivity index (χ0) is 20.3. The minimum Gasteiger partial charge on any atom is -0.458 e. The Bertz CT molecular complexity index is 1280. The Morgan fingerprint density at radius 1 is 1.28 bits per heavy atom. The predicted molar refractivity (Wildman–Crippen MR) is 106 cm³/mol. The topological polar surface area (TPSA) is 98.5 Å². The molecule has 0 amide bonds. The monoisotopic (exact) mass is 409 g/mol. The molecule has 0 spiro atoms. The van der Waals surface area contributed by atoms with Gasteiger partial charge in [-0.3, -0.25) is 4.79 Å². The molecule has 2 aliphatic rings. The number of fused-ring (bicyclic) bond motifs is 5. The maximum absolute atomic E-state index is 13.2. The fraction of sp³-hybridized carbons (Fsp3) is 0.286. The molecule has 1 aromatic carbocycles. The van der Waals surface area contributed by atoms with Crippen LogP contribution in [0.4, 0.5) is 0 Å². The number of nitrogens with zero attached hydrogens (tertiary/aromatic N) is 2. The minimum atomic E-state index is -1.85. The lowest BCUT2D eigenvalue weighted by atomic mass is 9.86. The van der Waals surface area contributed by atoms with Crippen molar-refractivity contribution in [3.8, 4) is 11.4 Å². The molecule has 0 bridgehead atoms. The number of hydrogen-bond acceptors (Lipinski definition) is 6. The third-order valence-corrected chi connectivity index (χ3v) is 6.32. The Labute approximate surface area is 169 Å². The van der Waals surface area contributed by atoms with Crippen molar-refractivity contribution in [1.82, 2.24) is 9.55 Å². The van der Waals surface area contributed by atoms with Crippen LogP contribution in [0.25, 0.3) is 22.3 Å². The van der Waals surface area contributed by atoms with Crippen molar-refractivity contribution in [1.29, 1.82) is 0 Å². The van der Waals surface area contributed by atoms with Gasteiger partial charge in [-0.25, -0.2) is 9.78 Å². The molecule has 1 N–H and O–H groups in total. The fourth-order valence-corrected chi connectivity index (χ4v) is 4.78. The first-order valence-corrected chi connectivity index (χ1v) is 10.2. The maximum atomic E-state index is 13.2. The number of aliphatic hydroxyl groups is 1. The first kappa shape index (κ1) is 18.1. The van der Waals surface area contributed by atoms with Crippen LogP contribution in [0, 0.1) is 0 Å². The van der Waals surface area contributed by atoms with E-state index in [0.717, 1.165) is 22.0 Å². The summed E-state index contributed by atoms with van der Waals surface area (Å²) in [6.07, 6.45) is 0.0950. The van der Waals surface area contributed by atoms with E-state index in [9.17, 15) is 18.9 Å². The number of carbonyl (C=O) groups excluding carboxylic acids is 1. The van der Waals surface area contributed by atoms with E-state index in [1.807, 2.05) is 24.3 Å². The third-order valence-electron chi connectivity index (χ3n) is 5.92. The highest BCUT2D eigenvalue weighted by Crippen LogP contribution is 2.40. The number of carbonyl (C=O) groups is 1. The maximum Gasteiger partial charge on any atom is 0.463 e. The van der Waals surface area contributed by atoms with E-state index in [-0.39, 0.29) is 35.5 Å². The van der Waals surface area contributed by atoms with Crippen molar-refractivity contribution >= 4 is 28.5 Å². The Balaban J connectivity index is 1.84. The van der Waals surface area contributed by atoms with Gasteiger partial charge in [0.25, 0.3) is 11.3 Å². The molecule has 2 aromatic heterocycles. The molecule has 29 heavy (non-hydrogen) atoms. The van der Waals surface area contributed by atoms with Gasteiger partial charge >= 0.3 is 17.6 Å². The van der Waals surface area contributed by atoms with Crippen molar-refractivity contribution in [3.63, 3.8) is 0 Å². The number of cyclic esters (lactones) is 1. The summed E-state index contributed by atoms with van der Waals surface area (Å²) >= 11 is 0.478. The second-order valence-corrected chi connectivity index (χ2v) is 7.82. The molecule has 0 saturated carbocycles. The van der Waals surface area contributed by atoms with E-state index in [1.165, 1.54) is 0 Å². The number of hydrogen-bond donors (Lipinski definition) is 1. The molecule has 2 aliphatic heterocycles. The molecule has 5 rings (SSSR count). The quantitative estimate of drug-likeness (QED) is 0.411. The summed E-state index contributed by atoms with van der Waals surface area (Å²) in [5.74, 6) is -0.487. The van der Waals surface area contributed by atoms with E-state index < -0.39 is 11.6 Å². The summed E-state index contributed by atoms with van der Waals surface area (Å²) in [7, 11) is 0. The Hall–Kier alpha value is -2.97. The van der Waals surface area contributed by atoms with Gasteiger partial charge < -0.3 is 14.4 Å². The summed E-state index contributed by atoms with van der Waals surface area (Å²) < 4.78 is 18.1. The molecule has 0 aliphatic carbocycles. The van der Waals surface area contributed by atoms with Crippen LogP contribution in [-0.2, 0) is 49.9 Å². The highest BCUT2D eigenvalue weighted by molar-refractivity contribution is 7.64. The van der Waals surface area contributed by atoms with Crippen molar-refractivity contribution < 1.29 is 18.8 Å². The highest BCUT2D eigenvalue weighted by Gasteiger charge is 2.45. The summed E-state index contributed by atoms with van der Waals surface area (Å²) in [6.45, 7) is 1.80. The number of para-hydroxylation sites is 1. The van der Waals surface area contributed by atoms with Gasteiger partial charge in [-0.15, -0.1) is 0 Å². The molecule has 0 fully saturated rings. The van der Waals surface area contributed by atoms with E-state index in [1.54, 1.807) is 17.6 Å². The largest absolute Gasteiger partial charge is 0.463 e. The molecule has 3 aromatic rings. The van der Waals surface area contributed by atoms with Crippen LogP contribution in [0.3, 0.4) is 0 Å². The zero-order valence-electron chi connectivity index (χ0n) is 15.6. The van der Waals surface area contributed by atoms with Gasteiger partial charge in [0.15, 0.2) is 5.60 Å². The second kappa shape index (κ2) is 6.27. The van der Waals surface area contributed by atoms with Gasteiger partial charge in [0, 0.05) is 26.3 Å². The summed E-state index contributed by atoms with van der Waals surface area (Å²) in [4.78, 5) is 30.2. The van der Waals surface area contributed by atoms with Crippen LogP contribution in [0.2, 0.25) is 0 Å². The number of esters is 1. The normalized spacial score (nSPS) is 19.4. The summed E-state index contributed by atoms with van der Waals surface area (Å²) in [6, 6.07) is 9.24. The number of aromatic nitrogens is 2. The van der Waals surface area contributed by atoms with Crippen LogP contribution in [0.1, 0.15) is 35.6 Å². The molecule has 4 heterocycles. The molecule has 1 unspecified atom stereocenters. The highest BCUT2D eigenvalue weighted by atomic mass is 32.1. The van der Waals surface area contributed by atoms with Gasteiger partial charge in [0.05, 0.1) is 29.0 Å². The minimum absolute atomic E-state index is 0.0950. The van der Waals surface area contributed by atoms with E-state index >= 15 is 0 Å². The first-order chi connectivity index (χ1) is 14.0. The van der Waals surface area contributed by atoms with Crippen molar-refractivity contribution in [2.75, 3.05) is 0 Å². The third kappa shape index (κ3) is 2.36. The molecule has 7 nitrogen and oxygen atoms in total. The van der Waals surface area contributed by atoms with Crippen molar-refractivity contribution in [2.45, 2.75) is 37.9 Å². The SMILES string of the molecule is CCC1(O)C(=O)OCc2c1cc1n(c2=O)Cc2c-1nc1ccccc1c2C[S+]=O. The Morgan fingerprint density at radius 2 is 2.07 bits per heavy atom. The van der Waals surface area contributed by atoms with E-state index in [0.29, 0.717) is 29.6 Å². The lowest BCUT2D eigenvalue weighted by Gasteiger charge is -2.31. The average Bonchev–Trinajstić information content (AvgIpc) is 3.10. The second-order valence-electron chi connectivity index (χ2n) is 7.30. The van der Waals surface area contributed by atoms with Gasteiger partial charge in [0.1, 0.15) is 6.61 Å². The Kier molecular flexibility index (Phi) is 3.91. The molecule has 0 saturated heterocycles. The number of benzene rings is 1. The molecule has 8 heteroatoms. The van der Waals surface area contributed by atoms with Crippen LogP contribution in [0.15, 0.2) is 35.1 Å². The van der Waals surface area contributed by atoms with Gasteiger partial charge in [-0.2, -0.15) is 0 Å². The number of pyridine rings is 2.